The van der Waals surface area contributed by atoms with Crippen LogP contribution < -0.4 is 10.5 Å². The van der Waals surface area contributed by atoms with Gasteiger partial charge in [-0.25, -0.2) is 0 Å². The largest absolute Gasteiger partial charge is 0.503 e. The normalized spacial score (nSPS) is 12.2. The van der Waals surface area contributed by atoms with Gasteiger partial charge in [0.2, 0.25) is 0 Å². The van der Waals surface area contributed by atoms with Gasteiger partial charge in [0.25, 0.3) is 0 Å². The predicted octanol–water partition coefficient (Wildman–Crippen LogP) is 2.74. The summed E-state index contributed by atoms with van der Waals surface area (Å²) >= 11 is 3.24. The van der Waals surface area contributed by atoms with E-state index in [0.29, 0.717) is 16.8 Å². The molecule has 0 aromatic heterocycles. The van der Waals surface area contributed by atoms with Crippen molar-refractivity contribution in [2.45, 2.75) is 13.0 Å². The fraction of sp³-hybridized carbons (Fsp3) is 0.273. The average Bonchev–Trinajstić information content (AvgIpc) is 2.23. The molecule has 0 amide bonds. The number of rotatable bonds is 4. The van der Waals surface area contributed by atoms with Crippen LogP contribution >= 0.6 is 15.9 Å². The molecule has 3 N–H and O–H groups in total. The molecule has 0 bridgehead atoms. The summed E-state index contributed by atoms with van der Waals surface area (Å²) in [6, 6.07) is 3.21. The first kappa shape index (κ1) is 12.1. The summed E-state index contributed by atoms with van der Waals surface area (Å²) in [5.74, 6) is 0.524. The molecule has 0 spiro atoms. The van der Waals surface area contributed by atoms with Crippen LogP contribution in [0.4, 0.5) is 0 Å². The van der Waals surface area contributed by atoms with Crippen molar-refractivity contribution < 1.29 is 9.84 Å². The number of nitrogens with two attached hydrogens (primary N) is 1. The number of benzene rings is 1. The van der Waals surface area contributed by atoms with Crippen LogP contribution in [0.15, 0.2) is 29.3 Å². The Morgan fingerprint density at radius 2 is 2.33 bits per heavy atom. The number of hydrogen-bond acceptors (Lipinski definition) is 3. The lowest BCUT2D eigenvalue weighted by atomic mass is 10.1. The van der Waals surface area contributed by atoms with Crippen LogP contribution in [0.2, 0.25) is 0 Å². The van der Waals surface area contributed by atoms with E-state index >= 15 is 0 Å². The van der Waals surface area contributed by atoms with Gasteiger partial charge < -0.3 is 15.6 Å². The van der Waals surface area contributed by atoms with E-state index in [1.807, 2.05) is 6.92 Å². The van der Waals surface area contributed by atoms with Crippen molar-refractivity contribution in [2.75, 3.05) is 6.61 Å². The molecule has 15 heavy (non-hydrogen) atoms. The van der Waals surface area contributed by atoms with E-state index in [-0.39, 0.29) is 11.8 Å². The van der Waals surface area contributed by atoms with Gasteiger partial charge in [-0.15, -0.1) is 6.58 Å². The molecule has 0 saturated carbocycles. The Kier molecular flexibility index (Phi) is 4.17. The topological polar surface area (TPSA) is 55.5 Å². The van der Waals surface area contributed by atoms with Crippen molar-refractivity contribution in [3.05, 3.63) is 34.8 Å². The molecular weight excluding hydrogens is 258 g/mol. The van der Waals surface area contributed by atoms with Crippen molar-refractivity contribution in [1.82, 2.24) is 0 Å². The van der Waals surface area contributed by atoms with Crippen molar-refractivity contribution in [3.8, 4) is 11.5 Å². The van der Waals surface area contributed by atoms with Gasteiger partial charge in [0.15, 0.2) is 11.5 Å². The Labute approximate surface area is 97.7 Å². The number of phenolic OH excluding ortho intramolecular Hbond substituents is 1. The van der Waals surface area contributed by atoms with Gasteiger partial charge in [-0.2, -0.15) is 0 Å². The van der Waals surface area contributed by atoms with Crippen LogP contribution in [0, 0.1) is 0 Å². The second kappa shape index (κ2) is 5.19. The monoisotopic (exact) mass is 271 g/mol. The van der Waals surface area contributed by atoms with E-state index in [1.54, 1.807) is 18.2 Å². The summed E-state index contributed by atoms with van der Waals surface area (Å²) in [6.45, 7) is 5.97. The molecule has 0 saturated heterocycles. The van der Waals surface area contributed by atoms with Gasteiger partial charge in [0.1, 0.15) is 0 Å². The summed E-state index contributed by atoms with van der Waals surface area (Å²) in [5.41, 5.74) is 6.65. The molecule has 1 aromatic rings. The van der Waals surface area contributed by atoms with Crippen molar-refractivity contribution >= 4 is 15.9 Å². The second-order valence-corrected chi connectivity index (χ2v) is 3.90. The molecule has 82 valence electrons. The summed E-state index contributed by atoms with van der Waals surface area (Å²) in [6.07, 6.45) is 1.63. The van der Waals surface area contributed by atoms with Gasteiger partial charge >= 0.3 is 0 Å². The summed E-state index contributed by atoms with van der Waals surface area (Å²) in [5, 5.41) is 9.67. The summed E-state index contributed by atoms with van der Waals surface area (Å²) < 4.78 is 5.85. The molecular formula is C11H14BrNO2. The first-order valence-electron chi connectivity index (χ1n) is 4.63. The molecule has 0 heterocycles. The minimum atomic E-state index is -0.263. The Morgan fingerprint density at radius 3 is 2.87 bits per heavy atom. The van der Waals surface area contributed by atoms with E-state index in [2.05, 4.69) is 22.5 Å². The number of halogens is 1. The number of hydrogen-bond donors (Lipinski definition) is 2. The van der Waals surface area contributed by atoms with Crippen LogP contribution in [-0.4, -0.2) is 11.7 Å². The highest BCUT2D eigenvalue weighted by Crippen LogP contribution is 2.36. The van der Waals surface area contributed by atoms with E-state index in [0.717, 1.165) is 5.56 Å². The molecule has 4 heteroatoms. The highest BCUT2D eigenvalue weighted by atomic mass is 79.9. The van der Waals surface area contributed by atoms with Gasteiger partial charge in [0.05, 0.1) is 11.1 Å². The van der Waals surface area contributed by atoms with Gasteiger partial charge in [0, 0.05) is 6.04 Å². The smallest absolute Gasteiger partial charge is 0.172 e. The summed E-state index contributed by atoms with van der Waals surface area (Å²) in [4.78, 5) is 0. The van der Waals surface area contributed by atoms with Crippen LogP contribution in [0.1, 0.15) is 18.5 Å². The lowest BCUT2D eigenvalue weighted by Gasteiger charge is -2.12. The standard InChI is InChI=1S/C11H14BrNO2/c1-3-9(13)7-5-8(12)11(14)10(6-7)15-4-2/h3,5-6,9,14H,1,4,13H2,2H3/t9-/m1/s1. The van der Waals surface area contributed by atoms with Crippen molar-refractivity contribution in [2.24, 2.45) is 5.73 Å². The molecule has 3 nitrogen and oxygen atoms in total. The Balaban J connectivity index is 3.16. The minimum absolute atomic E-state index is 0.0943. The summed E-state index contributed by atoms with van der Waals surface area (Å²) in [7, 11) is 0. The van der Waals surface area contributed by atoms with Crippen molar-refractivity contribution in [1.29, 1.82) is 0 Å². The highest BCUT2D eigenvalue weighted by Gasteiger charge is 2.11. The van der Waals surface area contributed by atoms with E-state index in [1.165, 1.54) is 0 Å². The van der Waals surface area contributed by atoms with Crippen LogP contribution in [0.25, 0.3) is 0 Å². The lowest BCUT2D eigenvalue weighted by molar-refractivity contribution is 0.317. The fourth-order valence-electron chi connectivity index (χ4n) is 1.19. The molecule has 0 aliphatic rings. The first-order valence-corrected chi connectivity index (χ1v) is 5.42. The SMILES string of the molecule is C=C[C@@H](N)c1cc(Br)c(O)c(OCC)c1. The third-order valence-corrected chi connectivity index (χ3v) is 2.59. The van der Waals surface area contributed by atoms with Crippen LogP contribution in [0.3, 0.4) is 0 Å². The zero-order chi connectivity index (χ0) is 11.4. The minimum Gasteiger partial charge on any atom is -0.503 e. The van der Waals surface area contributed by atoms with Gasteiger partial charge in [-0.05, 0) is 40.5 Å². The van der Waals surface area contributed by atoms with Gasteiger partial charge in [-0.3, -0.25) is 0 Å². The highest BCUT2D eigenvalue weighted by molar-refractivity contribution is 9.10. The Hall–Kier alpha value is -1.00. The zero-order valence-corrected chi connectivity index (χ0v) is 10.1. The third-order valence-electron chi connectivity index (χ3n) is 1.99. The fourth-order valence-corrected chi connectivity index (χ4v) is 1.65. The molecule has 0 radical (unpaired) electrons. The number of aromatic hydroxyl groups is 1. The van der Waals surface area contributed by atoms with E-state index in [4.69, 9.17) is 10.5 Å². The maximum Gasteiger partial charge on any atom is 0.172 e. The second-order valence-electron chi connectivity index (χ2n) is 3.04. The van der Waals surface area contributed by atoms with E-state index < -0.39 is 0 Å². The van der Waals surface area contributed by atoms with Gasteiger partial charge in [-0.1, -0.05) is 6.08 Å². The molecule has 0 fully saturated rings. The predicted molar refractivity (Wildman–Crippen MR) is 64.1 cm³/mol. The number of ether oxygens (including phenoxy) is 1. The molecule has 1 rings (SSSR count). The molecule has 0 aliphatic heterocycles. The molecule has 1 atom stereocenters. The van der Waals surface area contributed by atoms with Crippen LogP contribution in [0.5, 0.6) is 11.5 Å². The maximum absolute atomic E-state index is 9.67. The number of phenols is 1. The van der Waals surface area contributed by atoms with E-state index in [9.17, 15) is 5.11 Å². The maximum atomic E-state index is 9.67. The third kappa shape index (κ3) is 2.73. The molecule has 0 aliphatic carbocycles. The quantitative estimate of drug-likeness (QED) is 0.828. The molecule has 0 unspecified atom stereocenters. The Morgan fingerprint density at radius 1 is 1.67 bits per heavy atom. The Bertz CT molecular complexity index is 366. The average molecular weight is 272 g/mol. The van der Waals surface area contributed by atoms with Crippen molar-refractivity contribution in [3.63, 3.8) is 0 Å². The lowest BCUT2D eigenvalue weighted by Crippen LogP contribution is -2.07. The first-order chi connectivity index (χ1) is 7.10. The van der Waals surface area contributed by atoms with Crippen LogP contribution in [-0.2, 0) is 0 Å². The molecule has 1 aromatic carbocycles. The zero-order valence-electron chi connectivity index (χ0n) is 8.53.